The van der Waals surface area contributed by atoms with E-state index < -0.39 is 5.91 Å². The molecule has 2 aliphatic rings. The lowest BCUT2D eigenvalue weighted by atomic mass is 9.84. The number of piperidine rings is 1. The molecule has 9 heteroatoms. The summed E-state index contributed by atoms with van der Waals surface area (Å²) in [6.07, 6.45) is 5.68. The maximum Gasteiger partial charge on any atom is 0.344 e. The highest BCUT2D eigenvalue weighted by atomic mass is 16.2. The van der Waals surface area contributed by atoms with Gasteiger partial charge in [-0.15, -0.1) is 5.10 Å². The number of nitrogens with two attached hydrogens (primary N) is 1. The van der Waals surface area contributed by atoms with Crippen LogP contribution in [-0.4, -0.2) is 62.6 Å². The van der Waals surface area contributed by atoms with Crippen LogP contribution in [0.2, 0.25) is 0 Å². The highest BCUT2D eigenvalue weighted by molar-refractivity contribution is 5.94. The first kappa shape index (κ1) is 22.0. The number of carbonyl (C=O) groups is 3. The van der Waals surface area contributed by atoms with Crippen molar-refractivity contribution in [3.63, 3.8) is 0 Å². The van der Waals surface area contributed by atoms with E-state index in [9.17, 15) is 14.4 Å². The molecule has 1 aromatic carbocycles. The molecule has 2 fully saturated rings. The minimum atomic E-state index is -0.398. The molecule has 2 saturated heterocycles. The fraction of sp³-hybridized carbons (Fsp3) is 0.478. The van der Waals surface area contributed by atoms with Gasteiger partial charge >= 0.3 is 6.03 Å². The van der Waals surface area contributed by atoms with Crippen LogP contribution in [0.15, 0.2) is 30.5 Å². The van der Waals surface area contributed by atoms with Crippen molar-refractivity contribution in [2.75, 3.05) is 25.0 Å². The lowest BCUT2D eigenvalue weighted by Crippen LogP contribution is -2.53. The summed E-state index contributed by atoms with van der Waals surface area (Å²) in [6.45, 7) is 6.53. The third-order valence-corrected chi connectivity index (χ3v) is 6.72. The van der Waals surface area contributed by atoms with Crippen molar-refractivity contribution in [1.82, 2.24) is 19.6 Å². The lowest BCUT2D eigenvalue weighted by molar-refractivity contribution is -0.114. The number of amides is 3. The molecule has 3 N–H and O–H groups in total. The zero-order valence-corrected chi connectivity index (χ0v) is 18.6. The van der Waals surface area contributed by atoms with Crippen LogP contribution in [0.25, 0.3) is 0 Å². The van der Waals surface area contributed by atoms with Crippen molar-refractivity contribution < 1.29 is 14.4 Å². The van der Waals surface area contributed by atoms with Crippen LogP contribution in [0.5, 0.6) is 0 Å². The predicted octanol–water partition coefficient (Wildman–Crippen LogP) is 2.35. The first-order valence-corrected chi connectivity index (χ1v) is 11.0. The molecule has 0 aliphatic carbocycles. The molecule has 32 heavy (non-hydrogen) atoms. The van der Waals surface area contributed by atoms with Gasteiger partial charge in [-0.05, 0) is 56.3 Å². The Morgan fingerprint density at radius 3 is 2.53 bits per heavy atom. The summed E-state index contributed by atoms with van der Waals surface area (Å²) in [6, 6.07) is 7.31. The molecular formula is C23H30N6O3. The van der Waals surface area contributed by atoms with Crippen LogP contribution < -0.4 is 11.1 Å². The number of anilines is 1. The molecule has 170 valence electrons. The highest BCUT2D eigenvalue weighted by Crippen LogP contribution is 2.39. The van der Waals surface area contributed by atoms with E-state index in [0.717, 1.165) is 44.3 Å². The molecule has 3 amide bonds. The Bertz CT molecular complexity index is 1040. The van der Waals surface area contributed by atoms with Crippen LogP contribution in [0.1, 0.15) is 54.1 Å². The number of nitrogens with zero attached hydrogens (tertiary/aromatic N) is 4. The molecule has 9 nitrogen and oxygen atoms in total. The van der Waals surface area contributed by atoms with Gasteiger partial charge in [-0.1, -0.05) is 12.1 Å². The second-order valence-electron chi connectivity index (χ2n) is 8.86. The van der Waals surface area contributed by atoms with Crippen LogP contribution in [-0.2, 0) is 11.3 Å². The summed E-state index contributed by atoms with van der Waals surface area (Å²) >= 11 is 0. The van der Waals surface area contributed by atoms with Gasteiger partial charge in [0.15, 0.2) is 5.82 Å². The topological polar surface area (TPSA) is 114 Å². The maximum absolute atomic E-state index is 12.9. The van der Waals surface area contributed by atoms with Gasteiger partial charge in [-0.3, -0.25) is 14.5 Å². The van der Waals surface area contributed by atoms with Gasteiger partial charge in [0, 0.05) is 49.9 Å². The van der Waals surface area contributed by atoms with E-state index in [1.54, 1.807) is 12.3 Å². The summed E-state index contributed by atoms with van der Waals surface area (Å²) in [7, 11) is 0. The summed E-state index contributed by atoms with van der Waals surface area (Å²) < 4.78 is 1.29. The molecule has 4 rings (SSSR count). The fourth-order valence-corrected chi connectivity index (χ4v) is 5.06. The van der Waals surface area contributed by atoms with Gasteiger partial charge in [-0.2, -0.15) is 4.68 Å². The van der Waals surface area contributed by atoms with Crippen molar-refractivity contribution >= 4 is 23.7 Å². The smallest absolute Gasteiger partial charge is 0.344 e. The Balaban J connectivity index is 1.40. The third-order valence-electron chi connectivity index (χ3n) is 6.72. The molecule has 2 aliphatic heterocycles. The quantitative estimate of drug-likeness (QED) is 0.761. The van der Waals surface area contributed by atoms with Crippen molar-refractivity contribution in [2.24, 2.45) is 5.73 Å². The van der Waals surface area contributed by atoms with E-state index in [1.807, 2.05) is 24.0 Å². The number of hydrogen-bond acceptors (Lipinski definition) is 5. The zero-order chi connectivity index (χ0) is 22.9. The van der Waals surface area contributed by atoms with E-state index in [2.05, 4.69) is 21.4 Å². The average molecular weight is 439 g/mol. The van der Waals surface area contributed by atoms with E-state index in [4.69, 9.17) is 5.73 Å². The molecule has 0 atom stereocenters. The summed E-state index contributed by atoms with van der Waals surface area (Å²) in [4.78, 5) is 39.9. The SMILES string of the molecule is CC(=O)Nc1ccn(C(=O)N2CCC3(CCCN3Cc3ccc(C(N)=O)c(C)c3)CC2)n1. The van der Waals surface area contributed by atoms with Gasteiger partial charge in [0.2, 0.25) is 11.8 Å². The van der Waals surface area contributed by atoms with Gasteiger partial charge in [0.05, 0.1) is 0 Å². The van der Waals surface area contributed by atoms with E-state index >= 15 is 0 Å². The predicted molar refractivity (Wildman–Crippen MR) is 120 cm³/mol. The van der Waals surface area contributed by atoms with Crippen LogP contribution in [0, 0.1) is 6.92 Å². The Hall–Kier alpha value is -3.20. The number of rotatable bonds is 4. The van der Waals surface area contributed by atoms with Gasteiger partial charge < -0.3 is 16.0 Å². The van der Waals surface area contributed by atoms with Gasteiger partial charge in [0.1, 0.15) is 0 Å². The number of benzene rings is 1. The van der Waals surface area contributed by atoms with Crippen molar-refractivity contribution in [3.05, 3.63) is 47.2 Å². The van der Waals surface area contributed by atoms with Crippen LogP contribution >= 0.6 is 0 Å². The Kier molecular flexibility index (Phi) is 6.01. The van der Waals surface area contributed by atoms with Crippen molar-refractivity contribution in [1.29, 1.82) is 0 Å². The second kappa shape index (κ2) is 8.74. The Morgan fingerprint density at radius 2 is 1.88 bits per heavy atom. The fourth-order valence-electron chi connectivity index (χ4n) is 5.06. The zero-order valence-electron chi connectivity index (χ0n) is 18.6. The minimum Gasteiger partial charge on any atom is -0.366 e. The Morgan fingerprint density at radius 1 is 1.12 bits per heavy atom. The van der Waals surface area contributed by atoms with E-state index in [1.165, 1.54) is 17.2 Å². The number of nitrogens with one attached hydrogen (secondary N) is 1. The van der Waals surface area contributed by atoms with Crippen LogP contribution in [0.3, 0.4) is 0 Å². The first-order valence-electron chi connectivity index (χ1n) is 11.0. The number of aryl methyl sites for hydroxylation is 1. The normalized spacial score (nSPS) is 18.1. The second-order valence-corrected chi connectivity index (χ2v) is 8.86. The molecule has 3 heterocycles. The first-order chi connectivity index (χ1) is 15.3. The number of hydrogen-bond donors (Lipinski definition) is 2. The van der Waals surface area contributed by atoms with E-state index in [0.29, 0.717) is 24.5 Å². The molecule has 2 aromatic rings. The number of carbonyl (C=O) groups excluding carboxylic acids is 3. The van der Waals surface area contributed by atoms with E-state index in [-0.39, 0.29) is 17.5 Å². The minimum absolute atomic E-state index is 0.0957. The van der Waals surface area contributed by atoms with Gasteiger partial charge in [0.25, 0.3) is 0 Å². The molecule has 0 bridgehead atoms. The molecule has 0 unspecified atom stereocenters. The molecule has 1 spiro atoms. The third kappa shape index (κ3) is 4.38. The highest BCUT2D eigenvalue weighted by Gasteiger charge is 2.43. The Labute approximate surface area is 187 Å². The number of aromatic nitrogens is 2. The average Bonchev–Trinajstić information content (AvgIpc) is 3.35. The molecule has 1 aromatic heterocycles. The molecular weight excluding hydrogens is 408 g/mol. The summed E-state index contributed by atoms with van der Waals surface area (Å²) in [5.41, 5.74) is 8.18. The largest absolute Gasteiger partial charge is 0.366 e. The standard InChI is InChI=1S/C23H30N6O3/c1-16-14-18(4-5-19(16)21(24)31)15-28-10-3-7-23(28)8-12-27(13-9-23)22(32)29-11-6-20(26-29)25-17(2)30/h4-6,11,14H,3,7-10,12-13,15H2,1-2H3,(H2,24,31)(H,25,26,30). The molecule has 0 radical (unpaired) electrons. The maximum atomic E-state index is 12.9. The summed E-state index contributed by atoms with van der Waals surface area (Å²) in [5, 5.41) is 6.75. The summed E-state index contributed by atoms with van der Waals surface area (Å²) in [5.74, 6) is -0.243. The van der Waals surface area contributed by atoms with Crippen molar-refractivity contribution in [3.8, 4) is 0 Å². The number of primary amides is 1. The van der Waals surface area contributed by atoms with Crippen molar-refractivity contribution in [2.45, 2.75) is 51.6 Å². The number of likely N-dealkylation sites (tertiary alicyclic amines) is 2. The van der Waals surface area contributed by atoms with Gasteiger partial charge in [-0.25, -0.2) is 4.79 Å². The van der Waals surface area contributed by atoms with Crippen LogP contribution in [0.4, 0.5) is 10.6 Å². The lowest BCUT2D eigenvalue weighted by Gasteiger charge is -2.45. The monoisotopic (exact) mass is 438 g/mol. The molecule has 0 saturated carbocycles.